The highest BCUT2D eigenvalue weighted by molar-refractivity contribution is 6.47. The molecule has 0 aliphatic rings. The first-order valence-electron chi connectivity index (χ1n) is 11.2. The number of carbonyl (C=O) groups is 3. The fourth-order valence-electron chi connectivity index (χ4n) is 4.00. The Morgan fingerprint density at radius 1 is 0.722 bits per heavy atom. The molecule has 0 fully saturated rings. The Morgan fingerprint density at radius 3 is 2.19 bits per heavy atom. The number of pyridine rings is 1. The van der Waals surface area contributed by atoms with Crippen molar-refractivity contribution in [2.45, 2.75) is 0 Å². The van der Waals surface area contributed by atoms with E-state index in [4.69, 9.17) is 11.6 Å². The Labute approximate surface area is 212 Å². The van der Waals surface area contributed by atoms with Crippen LogP contribution in [0.25, 0.3) is 16.6 Å². The number of rotatable bonds is 6. The maximum atomic E-state index is 13.5. The van der Waals surface area contributed by atoms with Crippen LogP contribution in [0.4, 0.5) is 11.4 Å². The predicted octanol–water partition coefficient (Wildman–Crippen LogP) is 6.33. The van der Waals surface area contributed by atoms with Crippen LogP contribution in [0.5, 0.6) is 0 Å². The zero-order chi connectivity index (χ0) is 25.1. The van der Waals surface area contributed by atoms with Gasteiger partial charge in [-0.25, -0.2) is 0 Å². The lowest BCUT2D eigenvalue weighted by molar-refractivity contribution is -0.112. The van der Waals surface area contributed by atoms with Crippen LogP contribution in [-0.4, -0.2) is 22.0 Å². The maximum absolute atomic E-state index is 13.5. The van der Waals surface area contributed by atoms with E-state index in [-0.39, 0.29) is 16.9 Å². The number of nitrogens with one attached hydrogen (secondary N) is 2. The monoisotopic (exact) mass is 493 g/mol. The Morgan fingerprint density at radius 2 is 1.42 bits per heavy atom. The third-order valence-electron chi connectivity index (χ3n) is 5.71. The third kappa shape index (κ3) is 4.62. The van der Waals surface area contributed by atoms with Crippen LogP contribution in [-0.2, 0) is 4.79 Å². The van der Waals surface area contributed by atoms with Gasteiger partial charge in [0.1, 0.15) is 5.69 Å². The van der Waals surface area contributed by atoms with Crippen molar-refractivity contribution >= 4 is 46.1 Å². The minimum absolute atomic E-state index is 0.219. The van der Waals surface area contributed by atoms with Crippen LogP contribution < -0.4 is 10.6 Å². The summed E-state index contributed by atoms with van der Waals surface area (Å²) in [5.74, 6) is -1.99. The first kappa shape index (κ1) is 23.1. The lowest BCUT2D eigenvalue weighted by atomic mass is 10.0. The van der Waals surface area contributed by atoms with E-state index in [1.54, 1.807) is 65.2 Å². The van der Waals surface area contributed by atoms with E-state index >= 15 is 0 Å². The van der Waals surface area contributed by atoms with Crippen molar-refractivity contribution in [3.63, 3.8) is 0 Å². The lowest BCUT2D eigenvalue weighted by Gasteiger charge is -2.12. The number of hydrogen-bond donors (Lipinski definition) is 2. The number of Topliss-reactive ketones (excluding diaryl/α,β-unsaturated/α-hetero) is 1. The molecule has 0 radical (unpaired) electrons. The summed E-state index contributed by atoms with van der Waals surface area (Å²) in [4.78, 5) is 39.6. The number of amides is 2. The highest BCUT2D eigenvalue weighted by Crippen LogP contribution is 2.29. The molecule has 7 heteroatoms. The van der Waals surface area contributed by atoms with Gasteiger partial charge in [0.25, 0.3) is 17.6 Å². The molecular formula is C29H20ClN3O3. The number of fused-ring (bicyclic) bond motifs is 1. The summed E-state index contributed by atoms with van der Waals surface area (Å²) >= 11 is 5.91. The third-order valence-corrected chi connectivity index (χ3v) is 5.96. The van der Waals surface area contributed by atoms with Crippen LogP contribution in [0, 0.1) is 0 Å². The molecule has 0 bridgehead atoms. The van der Waals surface area contributed by atoms with Crippen molar-refractivity contribution < 1.29 is 14.4 Å². The van der Waals surface area contributed by atoms with E-state index in [1.807, 2.05) is 48.5 Å². The first-order valence-corrected chi connectivity index (χ1v) is 11.6. The zero-order valence-electron chi connectivity index (χ0n) is 18.9. The summed E-state index contributed by atoms with van der Waals surface area (Å²) < 4.78 is 1.70. The second kappa shape index (κ2) is 9.90. The number of hydrogen-bond acceptors (Lipinski definition) is 3. The highest BCUT2D eigenvalue weighted by Gasteiger charge is 2.26. The quantitative estimate of drug-likeness (QED) is 0.214. The van der Waals surface area contributed by atoms with E-state index in [9.17, 15) is 14.4 Å². The average Bonchev–Trinajstić information content (AvgIpc) is 3.30. The smallest absolute Gasteiger partial charge is 0.298 e. The van der Waals surface area contributed by atoms with Gasteiger partial charge < -0.3 is 15.0 Å². The molecular weight excluding hydrogens is 474 g/mol. The minimum atomic E-state index is -0.845. The summed E-state index contributed by atoms with van der Waals surface area (Å²) in [5, 5.41) is 5.95. The molecule has 0 spiro atoms. The Hall–Kier alpha value is -4.68. The van der Waals surface area contributed by atoms with Crippen molar-refractivity contribution in [2.75, 3.05) is 10.6 Å². The summed E-state index contributed by atoms with van der Waals surface area (Å²) in [5.41, 5.74) is 3.50. The largest absolute Gasteiger partial charge is 0.322 e. The second-order valence-electron chi connectivity index (χ2n) is 8.06. The summed E-state index contributed by atoms with van der Waals surface area (Å²) in [7, 11) is 0. The predicted molar refractivity (Wildman–Crippen MR) is 142 cm³/mol. The molecule has 0 saturated carbocycles. The molecule has 2 heterocycles. The van der Waals surface area contributed by atoms with E-state index in [1.165, 1.54) is 0 Å². The van der Waals surface area contributed by atoms with Crippen LogP contribution in [0.1, 0.15) is 20.8 Å². The number of ketones is 1. The summed E-state index contributed by atoms with van der Waals surface area (Å²) in [6.07, 6.45) is 1.75. The van der Waals surface area contributed by atoms with E-state index in [0.29, 0.717) is 16.3 Å². The van der Waals surface area contributed by atoms with Gasteiger partial charge in [0.15, 0.2) is 0 Å². The van der Waals surface area contributed by atoms with Gasteiger partial charge in [-0.05, 0) is 60.2 Å². The SMILES string of the molecule is O=C(Nc1ccccc1C(=O)Nc1ccc(Cl)cc1)C(=O)c1c(-c2ccccc2)cc2ccccn12. The molecule has 0 aliphatic carbocycles. The molecule has 2 aromatic heterocycles. The minimum Gasteiger partial charge on any atom is -0.322 e. The molecule has 0 aliphatic heterocycles. The Kier molecular flexibility index (Phi) is 6.34. The number of anilines is 2. The molecule has 0 unspecified atom stereocenters. The molecule has 176 valence electrons. The number of aromatic nitrogens is 1. The molecule has 2 N–H and O–H groups in total. The van der Waals surface area contributed by atoms with Crippen molar-refractivity contribution in [2.24, 2.45) is 0 Å². The number of carbonyl (C=O) groups excluding carboxylic acids is 3. The zero-order valence-corrected chi connectivity index (χ0v) is 19.7. The summed E-state index contributed by atoms with van der Waals surface area (Å²) in [6.45, 7) is 0. The van der Waals surface area contributed by atoms with Gasteiger partial charge in [0.05, 0.1) is 11.3 Å². The average molecular weight is 494 g/mol. The van der Waals surface area contributed by atoms with Gasteiger partial charge in [-0.1, -0.05) is 60.1 Å². The van der Waals surface area contributed by atoms with Crippen molar-refractivity contribution in [3.8, 4) is 11.1 Å². The number of halogens is 1. The van der Waals surface area contributed by atoms with Gasteiger partial charge in [-0.15, -0.1) is 0 Å². The topological polar surface area (TPSA) is 79.7 Å². The van der Waals surface area contributed by atoms with E-state index in [0.717, 1.165) is 11.1 Å². The fraction of sp³-hybridized carbons (Fsp3) is 0. The second-order valence-corrected chi connectivity index (χ2v) is 8.49. The lowest BCUT2D eigenvalue weighted by Crippen LogP contribution is -2.26. The van der Waals surface area contributed by atoms with Gasteiger partial charge in [0.2, 0.25) is 0 Å². The molecule has 3 aromatic carbocycles. The molecule has 2 amide bonds. The van der Waals surface area contributed by atoms with Crippen LogP contribution in [0.3, 0.4) is 0 Å². The standard InChI is InChI=1S/C29H20ClN3O3/c30-20-13-15-21(16-14-20)31-28(35)23-11-4-5-12-25(23)32-29(36)27(34)26-24(19-8-2-1-3-9-19)18-22-10-6-7-17-33(22)26/h1-18H,(H,31,35)(H,32,36). The van der Waals surface area contributed by atoms with Gasteiger partial charge in [-0.2, -0.15) is 0 Å². The van der Waals surface area contributed by atoms with Crippen molar-refractivity contribution in [1.29, 1.82) is 0 Å². The van der Waals surface area contributed by atoms with Crippen LogP contribution >= 0.6 is 11.6 Å². The van der Waals surface area contributed by atoms with Crippen molar-refractivity contribution in [1.82, 2.24) is 4.40 Å². The fourth-order valence-corrected chi connectivity index (χ4v) is 4.13. The van der Waals surface area contributed by atoms with Crippen molar-refractivity contribution in [3.05, 3.63) is 126 Å². The number of para-hydroxylation sites is 1. The number of nitrogens with zero attached hydrogens (tertiary/aromatic N) is 1. The molecule has 0 atom stereocenters. The van der Waals surface area contributed by atoms with Gasteiger partial charge in [0, 0.05) is 28.0 Å². The maximum Gasteiger partial charge on any atom is 0.298 e. The molecule has 36 heavy (non-hydrogen) atoms. The Balaban J connectivity index is 1.45. The summed E-state index contributed by atoms with van der Waals surface area (Å²) in [6, 6.07) is 30.0. The molecule has 5 aromatic rings. The van der Waals surface area contributed by atoms with Gasteiger partial charge in [-0.3, -0.25) is 14.4 Å². The molecule has 0 saturated heterocycles. The van der Waals surface area contributed by atoms with E-state index in [2.05, 4.69) is 10.6 Å². The highest BCUT2D eigenvalue weighted by atomic mass is 35.5. The number of benzene rings is 3. The Bertz CT molecular complexity index is 1590. The van der Waals surface area contributed by atoms with Gasteiger partial charge >= 0.3 is 0 Å². The van der Waals surface area contributed by atoms with E-state index < -0.39 is 17.6 Å². The van der Waals surface area contributed by atoms with Crippen LogP contribution in [0.2, 0.25) is 5.02 Å². The molecule has 6 nitrogen and oxygen atoms in total. The molecule has 5 rings (SSSR count). The normalized spacial score (nSPS) is 10.7. The van der Waals surface area contributed by atoms with Crippen LogP contribution in [0.15, 0.2) is 109 Å². The first-order chi connectivity index (χ1) is 17.5.